The van der Waals surface area contributed by atoms with Crippen LogP contribution in [-0.4, -0.2) is 20.2 Å². The van der Waals surface area contributed by atoms with Crippen LogP contribution in [0.1, 0.15) is 21.5 Å². The number of esters is 1. The third kappa shape index (κ3) is 1.88. The van der Waals surface area contributed by atoms with Crippen LogP contribution < -0.4 is 10.5 Å². The van der Waals surface area contributed by atoms with Crippen molar-refractivity contribution in [2.75, 3.05) is 20.0 Å². The van der Waals surface area contributed by atoms with Gasteiger partial charge in [-0.15, -0.1) is 0 Å². The summed E-state index contributed by atoms with van der Waals surface area (Å²) in [7, 11) is 2.81. The van der Waals surface area contributed by atoms with Crippen LogP contribution >= 0.6 is 0 Å². The molecule has 0 spiro atoms. The number of hydrogen-bond acceptors (Lipinski definition) is 4. The van der Waals surface area contributed by atoms with Gasteiger partial charge in [0.05, 0.1) is 19.9 Å². The lowest BCUT2D eigenvalue weighted by molar-refractivity contribution is 0.0597. The summed E-state index contributed by atoms with van der Waals surface area (Å²) in [6, 6.07) is 1.72. The third-order valence-electron chi connectivity index (χ3n) is 2.46. The zero-order valence-corrected chi connectivity index (χ0v) is 9.38. The van der Waals surface area contributed by atoms with Gasteiger partial charge in [-0.2, -0.15) is 0 Å². The molecule has 0 aromatic heterocycles. The Morgan fingerprint density at radius 3 is 2.40 bits per heavy atom. The van der Waals surface area contributed by atoms with Crippen LogP contribution in [0.15, 0.2) is 6.07 Å². The maximum Gasteiger partial charge on any atom is 0.341 e. The Morgan fingerprint density at radius 2 is 1.93 bits per heavy atom. The molecule has 0 heterocycles. The van der Waals surface area contributed by atoms with Gasteiger partial charge in [0.15, 0.2) is 5.75 Å². The van der Waals surface area contributed by atoms with E-state index in [0.717, 1.165) is 11.1 Å². The highest BCUT2D eigenvalue weighted by atomic mass is 16.5. The van der Waals surface area contributed by atoms with Gasteiger partial charge >= 0.3 is 5.97 Å². The number of ether oxygens (including phenoxy) is 2. The van der Waals surface area contributed by atoms with E-state index in [4.69, 9.17) is 10.5 Å². The predicted molar refractivity (Wildman–Crippen MR) is 58.2 cm³/mol. The number of nitrogens with two attached hydrogens (primary N) is 1. The lowest BCUT2D eigenvalue weighted by Gasteiger charge is -2.13. The van der Waals surface area contributed by atoms with Gasteiger partial charge in [0.25, 0.3) is 0 Å². The van der Waals surface area contributed by atoms with Crippen molar-refractivity contribution in [2.45, 2.75) is 13.8 Å². The summed E-state index contributed by atoms with van der Waals surface area (Å²) in [5, 5.41) is 0. The van der Waals surface area contributed by atoms with Crippen molar-refractivity contribution >= 4 is 11.7 Å². The fraction of sp³-hybridized carbons (Fsp3) is 0.364. The molecule has 0 aliphatic heterocycles. The Morgan fingerprint density at radius 1 is 1.33 bits per heavy atom. The minimum absolute atomic E-state index is 0.362. The summed E-state index contributed by atoms with van der Waals surface area (Å²) in [5.41, 5.74) is 8.56. The second-order valence-corrected chi connectivity index (χ2v) is 3.30. The maximum atomic E-state index is 11.5. The number of carbonyl (C=O) groups excluding carboxylic acids is 1. The highest BCUT2D eigenvalue weighted by Gasteiger charge is 2.18. The quantitative estimate of drug-likeness (QED) is 0.594. The number of nitrogen functional groups attached to an aromatic ring is 1. The first-order valence-corrected chi connectivity index (χ1v) is 4.54. The fourth-order valence-corrected chi connectivity index (χ4v) is 1.40. The number of carbonyl (C=O) groups is 1. The molecule has 0 unspecified atom stereocenters. The molecule has 0 aliphatic carbocycles. The van der Waals surface area contributed by atoms with E-state index in [9.17, 15) is 4.79 Å². The van der Waals surface area contributed by atoms with Crippen LogP contribution in [0.4, 0.5) is 5.69 Å². The number of aryl methyl sites for hydroxylation is 1. The first-order valence-electron chi connectivity index (χ1n) is 4.54. The molecule has 0 fully saturated rings. The Bertz CT molecular complexity index is 399. The molecule has 0 saturated carbocycles. The average molecular weight is 209 g/mol. The third-order valence-corrected chi connectivity index (χ3v) is 2.46. The van der Waals surface area contributed by atoms with Crippen molar-refractivity contribution in [1.82, 2.24) is 0 Å². The second kappa shape index (κ2) is 4.21. The zero-order valence-electron chi connectivity index (χ0n) is 9.38. The van der Waals surface area contributed by atoms with Crippen LogP contribution in [0.5, 0.6) is 5.75 Å². The molecular formula is C11H15NO3. The monoisotopic (exact) mass is 209 g/mol. The molecule has 1 rings (SSSR count). The largest absolute Gasteiger partial charge is 0.494 e. The Kier molecular flexibility index (Phi) is 3.19. The topological polar surface area (TPSA) is 61.5 Å². The summed E-state index contributed by atoms with van der Waals surface area (Å²) >= 11 is 0. The van der Waals surface area contributed by atoms with Gasteiger partial charge in [0.1, 0.15) is 5.56 Å². The second-order valence-electron chi connectivity index (χ2n) is 3.30. The van der Waals surface area contributed by atoms with E-state index >= 15 is 0 Å². The molecular weight excluding hydrogens is 194 g/mol. The molecule has 0 aliphatic rings. The molecule has 15 heavy (non-hydrogen) atoms. The van der Waals surface area contributed by atoms with Crippen LogP contribution in [0.2, 0.25) is 0 Å². The van der Waals surface area contributed by atoms with Crippen LogP contribution in [-0.2, 0) is 4.74 Å². The molecule has 4 nitrogen and oxygen atoms in total. The van der Waals surface area contributed by atoms with Gasteiger partial charge in [-0.3, -0.25) is 0 Å². The highest BCUT2D eigenvalue weighted by Crippen LogP contribution is 2.32. The lowest BCUT2D eigenvalue weighted by atomic mass is 10.0. The molecule has 0 atom stereocenters. The van der Waals surface area contributed by atoms with Crippen molar-refractivity contribution in [3.63, 3.8) is 0 Å². The minimum Gasteiger partial charge on any atom is -0.494 e. The number of anilines is 1. The first-order chi connectivity index (χ1) is 7.02. The SMILES string of the molecule is COC(=O)c1cc(C)c(C)c(N)c1OC. The smallest absolute Gasteiger partial charge is 0.341 e. The van der Waals surface area contributed by atoms with Gasteiger partial charge in [-0.25, -0.2) is 4.79 Å². The Labute approximate surface area is 89.0 Å². The Balaban J connectivity index is 3.45. The normalized spacial score (nSPS) is 9.87. The van der Waals surface area contributed by atoms with Crippen molar-refractivity contribution in [3.05, 3.63) is 22.8 Å². The highest BCUT2D eigenvalue weighted by molar-refractivity contribution is 5.95. The summed E-state index contributed by atoms with van der Waals surface area (Å²) in [5.74, 6) is -0.0633. The lowest BCUT2D eigenvalue weighted by Crippen LogP contribution is -2.08. The van der Waals surface area contributed by atoms with E-state index in [0.29, 0.717) is 17.0 Å². The van der Waals surface area contributed by atoms with E-state index in [1.165, 1.54) is 14.2 Å². The average Bonchev–Trinajstić information content (AvgIpc) is 2.24. The summed E-state index contributed by atoms with van der Waals surface area (Å²) in [6.45, 7) is 3.77. The summed E-state index contributed by atoms with van der Waals surface area (Å²) in [6.07, 6.45) is 0. The van der Waals surface area contributed by atoms with Crippen LogP contribution in [0.25, 0.3) is 0 Å². The van der Waals surface area contributed by atoms with Crippen molar-refractivity contribution in [1.29, 1.82) is 0 Å². The molecule has 0 saturated heterocycles. The first kappa shape index (κ1) is 11.4. The van der Waals surface area contributed by atoms with Gasteiger partial charge in [-0.05, 0) is 31.0 Å². The van der Waals surface area contributed by atoms with E-state index in [1.807, 2.05) is 13.8 Å². The standard InChI is InChI=1S/C11H15NO3/c1-6-5-8(11(13)15-4)10(14-3)9(12)7(6)2/h5H,12H2,1-4H3. The van der Waals surface area contributed by atoms with Gasteiger partial charge in [0.2, 0.25) is 0 Å². The molecule has 0 radical (unpaired) electrons. The number of benzene rings is 1. The van der Waals surface area contributed by atoms with Gasteiger partial charge in [-0.1, -0.05) is 0 Å². The number of rotatable bonds is 2. The number of methoxy groups -OCH3 is 2. The molecule has 1 aromatic carbocycles. The van der Waals surface area contributed by atoms with Crippen LogP contribution in [0.3, 0.4) is 0 Å². The Hall–Kier alpha value is -1.71. The van der Waals surface area contributed by atoms with Crippen molar-refractivity contribution < 1.29 is 14.3 Å². The van der Waals surface area contributed by atoms with Crippen molar-refractivity contribution in [3.8, 4) is 5.75 Å². The van der Waals surface area contributed by atoms with E-state index < -0.39 is 5.97 Å². The van der Waals surface area contributed by atoms with E-state index in [-0.39, 0.29) is 0 Å². The van der Waals surface area contributed by atoms with E-state index in [1.54, 1.807) is 6.07 Å². The van der Waals surface area contributed by atoms with Crippen LogP contribution in [0, 0.1) is 13.8 Å². The molecule has 82 valence electrons. The fourth-order valence-electron chi connectivity index (χ4n) is 1.40. The predicted octanol–water partition coefficient (Wildman–Crippen LogP) is 1.68. The molecule has 0 bridgehead atoms. The molecule has 2 N–H and O–H groups in total. The summed E-state index contributed by atoms with van der Waals surface area (Å²) < 4.78 is 9.76. The van der Waals surface area contributed by atoms with Gasteiger partial charge < -0.3 is 15.2 Å². The minimum atomic E-state index is -0.443. The molecule has 0 amide bonds. The zero-order chi connectivity index (χ0) is 11.6. The number of hydrogen-bond donors (Lipinski definition) is 1. The molecule has 1 aromatic rings. The molecule has 4 heteroatoms. The maximum absolute atomic E-state index is 11.5. The summed E-state index contributed by atoms with van der Waals surface area (Å²) in [4.78, 5) is 11.5. The van der Waals surface area contributed by atoms with E-state index in [2.05, 4.69) is 4.74 Å². The van der Waals surface area contributed by atoms with Gasteiger partial charge in [0, 0.05) is 0 Å². The van der Waals surface area contributed by atoms with Crippen molar-refractivity contribution in [2.24, 2.45) is 0 Å².